The number of amides is 1. The van der Waals surface area contributed by atoms with Crippen molar-refractivity contribution in [3.63, 3.8) is 0 Å². The number of aliphatic hydroxyl groups is 1. The molecule has 0 saturated heterocycles. The molecule has 1 saturated carbocycles. The maximum atomic E-state index is 11.8. The van der Waals surface area contributed by atoms with Gasteiger partial charge in [0.05, 0.1) is 12.5 Å². The summed E-state index contributed by atoms with van der Waals surface area (Å²) in [5.74, 6) is 0.0533. The van der Waals surface area contributed by atoms with Gasteiger partial charge in [-0.3, -0.25) is 9.78 Å². The number of pyridine rings is 1. The van der Waals surface area contributed by atoms with Crippen molar-refractivity contribution >= 4 is 5.91 Å². The van der Waals surface area contributed by atoms with Gasteiger partial charge < -0.3 is 10.4 Å². The summed E-state index contributed by atoms with van der Waals surface area (Å²) in [7, 11) is 0. The van der Waals surface area contributed by atoms with Crippen molar-refractivity contribution in [1.29, 1.82) is 0 Å². The van der Waals surface area contributed by atoms with Crippen molar-refractivity contribution in [3.05, 3.63) is 30.1 Å². The van der Waals surface area contributed by atoms with E-state index in [1.807, 2.05) is 12.1 Å². The highest BCUT2D eigenvalue weighted by Crippen LogP contribution is 2.18. The highest BCUT2D eigenvalue weighted by molar-refractivity contribution is 5.78. The topological polar surface area (TPSA) is 62.2 Å². The second kappa shape index (κ2) is 5.77. The number of nitrogens with zero attached hydrogens (tertiary/aromatic N) is 1. The van der Waals surface area contributed by atoms with E-state index in [1.54, 1.807) is 12.4 Å². The maximum Gasteiger partial charge on any atom is 0.224 e. The van der Waals surface area contributed by atoms with Gasteiger partial charge in [-0.25, -0.2) is 0 Å². The van der Waals surface area contributed by atoms with Crippen molar-refractivity contribution < 1.29 is 9.90 Å². The second-order valence-electron chi connectivity index (χ2n) is 4.61. The first-order valence-corrected chi connectivity index (χ1v) is 6.10. The van der Waals surface area contributed by atoms with Gasteiger partial charge >= 0.3 is 0 Å². The number of hydrogen-bond donors (Lipinski definition) is 2. The van der Waals surface area contributed by atoms with Crippen LogP contribution >= 0.6 is 0 Å². The van der Waals surface area contributed by atoms with E-state index in [1.165, 1.54) is 0 Å². The standard InChI is InChI=1S/C13H18N2O2/c16-12-3-1-11(2-4-12)15-13(17)9-10-5-7-14-8-6-10/h5-8,11-12,16H,1-4,9H2,(H,15,17). The van der Waals surface area contributed by atoms with E-state index < -0.39 is 0 Å². The number of carbonyl (C=O) groups is 1. The number of rotatable bonds is 3. The SMILES string of the molecule is O=C(Cc1ccncc1)NC1CCC(O)CC1. The molecule has 2 rings (SSSR count). The van der Waals surface area contributed by atoms with E-state index in [2.05, 4.69) is 10.3 Å². The molecule has 0 atom stereocenters. The fourth-order valence-electron chi connectivity index (χ4n) is 2.18. The van der Waals surface area contributed by atoms with Crippen molar-refractivity contribution in [2.45, 2.75) is 44.2 Å². The fourth-order valence-corrected chi connectivity index (χ4v) is 2.18. The van der Waals surface area contributed by atoms with E-state index in [9.17, 15) is 9.90 Å². The van der Waals surface area contributed by atoms with Gasteiger partial charge in [0.1, 0.15) is 0 Å². The molecule has 92 valence electrons. The third-order valence-corrected chi connectivity index (χ3v) is 3.18. The Labute approximate surface area is 101 Å². The summed E-state index contributed by atoms with van der Waals surface area (Å²) in [5.41, 5.74) is 0.980. The quantitative estimate of drug-likeness (QED) is 0.821. The molecule has 0 radical (unpaired) electrons. The van der Waals surface area contributed by atoms with Gasteiger partial charge in [-0.2, -0.15) is 0 Å². The largest absolute Gasteiger partial charge is 0.393 e. The van der Waals surface area contributed by atoms with Crippen LogP contribution in [0.5, 0.6) is 0 Å². The van der Waals surface area contributed by atoms with E-state index in [0.717, 1.165) is 31.2 Å². The van der Waals surface area contributed by atoms with Crippen LogP contribution in [0.25, 0.3) is 0 Å². The van der Waals surface area contributed by atoms with Crippen LogP contribution in [0.1, 0.15) is 31.2 Å². The van der Waals surface area contributed by atoms with Crippen LogP contribution in [-0.4, -0.2) is 28.1 Å². The zero-order chi connectivity index (χ0) is 12.1. The third kappa shape index (κ3) is 3.82. The van der Waals surface area contributed by atoms with Crippen molar-refractivity contribution in [2.24, 2.45) is 0 Å². The molecule has 1 amide bonds. The average molecular weight is 234 g/mol. The van der Waals surface area contributed by atoms with Gasteiger partial charge in [-0.05, 0) is 43.4 Å². The van der Waals surface area contributed by atoms with Gasteiger partial charge in [0, 0.05) is 18.4 Å². The Morgan fingerprint density at radius 2 is 1.94 bits per heavy atom. The molecule has 1 aliphatic rings. The molecule has 17 heavy (non-hydrogen) atoms. The van der Waals surface area contributed by atoms with Crippen molar-refractivity contribution in [2.75, 3.05) is 0 Å². The lowest BCUT2D eigenvalue weighted by Gasteiger charge is -2.26. The lowest BCUT2D eigenvalue weighted by Crippen LogP contribution is -2.39. The van der Waals surface area contributed by atoms with Crippen LogP contribution in [0.4, 0.5) is 0 Å². The predicted octanol–water partition coefficient (Wildman–Crippen LogP) is 1.04. The maximum absolute atomic E-state index is 11.8. The van der Waals surface area contributed by atoms with Crippen LogP contribution < -0.4 is 5.32 Å². The van der Waals surface area contributed by atoms with Gasteiger partial charge in [0.15, 0.2) is 0 Å². The van der Waals surface area contributed by atoms with Crippen LogP contribution in [0.3, 0.4) is 0 Å². The normalized spacial score (nSPS) is 24.3. The van der Waals surface area contributed by atoms with E-state index in [0.29, 0.717) is 6.42 Å². The molecule has 0 unspecified atom stereocenters. The number of aromatic nitrogens is 1. The van der Waals surface area contributed by atoms with E-state index in [4.69, 9.17) is 0 Å². The van der Waals surface area contributed by atoms with E-state index in [-0.39, 0.29) is 18.1 Å². The lowest BCUT2D eigenvalue weighted by atomic mass is 9.93. The van der Waals surface area contributed by atoms with Gasteiger partial charge in [-0.15, -0.1) is 0 Å². The Bertz CT molecular complexity index is 359. The summed E-state index contributed by atoms with van der Waals surface area (Å²) in [6.45, 7) is 0. The highest BCUT2D eigenvalue weighted by Gasteiger charge is 2.20. The van der Waals surface area contributed by atoms with Crippen molar-refractivity contribution in [1.82, 2.24) is 10.3 Å². The number of hydrogen-bond acceptors (Lipinski definition) is 3. The number of aliphatic hydroxyl groups excluding tert-OH is 1. The first-order chi connectivity index (χ1) is 8.24. The molecule has 1 aliphatic carbocycles. The zero-order valence-electron chi connectivity index (χ0n) is 9.80. The molecular formula is C13H18N2O2. The fraction of sp³-hybridized carbons (Fsp3) is 0.538. The first-order valence-electron chi connectivity index (χ1n) is 6.10. The molecular weight excluding hydrogens is 216 g/mol. The summed E-state index contributed by atoms with van der Waals surface area (Å²) < 4.78 is 0. The average Bonchev–Trinajstić information content (AvgIpc) is 2.33. The van der Waals surface area contributed by atoms with Crippen LogP contribution in [-0.2, 0) is 11.2 Å². The molecule has 0 spiro atoms. The molecule has 0 bridgehead atoms. The summed E-state index contributed by atoms with van der Waals surface area (Å²) in [4.78, 5) is 15.7. The minimum absolute atomic E-state index is 0.0533. The molecule has 4 nitrogen and oxygen atoms in total. The molecule has 0 aliphatic heterocycles. The van der Waals surface area contributed by atoms with Gasteiger partial charge in [0.25, 0.3) is 0 Å². The predicted molar refractivity (Wildman–Crippen MR) is 64.3 cm³/mol. The second-order valence-corrected chi connectivity index (χ2v) is 4.61. The zero-order valence-corrected chi connectivity index (χ0v) is 9.80. The molecule has 1 fully saturated rings. The minimum atomic E-state index is -0.177. The number of carbonyl (C=O) groups excluding carboxylic acids is 1. The molecule has 2 N–H and O–H groups in total. The molecule has 4 heteroatoms. The summed E-state index contributed by atoms with van der Waals surface area (Å²) in [6, 6.07) is 3.93. The number of nitrogens with one attached hydrogen (secondary N) is 1. The van der Waals surface area contributed by atoms with Crippen LogP contribution in [0.2, 0.25) is 0 Å². The Morgan fingerprint density at radius 1 is 1.29 bits per heavy atom. The summed E-state index contributed by atoms with van der Waals surface area (Å²) in [5, 5.41) is 12.4. The smallest absolute Gasteiger partial charge is 0.224 e. The Morgan fingerprint density at radius 3 is 2.59 bits per heavy atom. The molecule has 1 aromatic heterocycles. The van der Waals surface area contributed by atoms with Gasteiger partial charge in [0.2, 0.25) is 5.91 Å². The third-order valence-electron chi connectivity index (χ3n) is 3.18. The van der Waals surface area contributed by atoms with Crippen LogP contribution in [0.15, 0.2) is 24.5 Å². The Balaban J connectivity index is 1.78. The van der Waals surface area contributed by atoms with Crippen LogP contribution in [0, 0.1) is 0 Å². The molecule has 1 heterocycles. The lowest BCUT2D eigenvalue weighted by molar-refractivity contribution is -0.121. The van der Waals surface area contributed by atoms with Crippen molar-refractivity contribution in [3.8, 4) is 0 Å². The molecule has 1 aromatic rings. The van der Waals surface area contributed by atoms with E-state index >= 15 is 0 Å². The molecule has 0 aromatic carbocycles. The monoisotopic (exact) mass is 234 g/mol. The Kier molecular flexibility index (Phi) is 4.09. The van der Waals surface area contributed by atoms with Gasteiger partial charge in [-0.1, -0.05) is 0 Å². The first kappa shape index (κ1) is 12.0. The minimum Gasteiger partial charge on any atom is -0.393 e. The Hall–Kier alpha value is -1.42. The summed E-state index contributed by atoms with van der Waals surface area (Å²) >= 11 is 0. The highest BCUT2D eigenvalue weighted by atomic mass is 16.3. The summed E-state index contributed by atoms with van der Waals surface area (Å²) in [6.07, 6.45) is 6.96.